The molecule has 0 aliphatic heterocycles. The maximum absolute atomic E-state index is 13.1. The van der Waals surface area contributed by atoms with Gasteiger partial charge in [0.15, 0.2) is 0 Å². The van der Waals surface area contributed by atoms with Crippen LogP contribution in [0.25, 0.3) is 0 Å². The summed E-state index contributed by atoms with van der Waals surface area (Å²) in [4.78, 5) is 61.9. The van der Waals surface area contributed by atoms with E-state index in [1.165, 1.54) is 43.4 Å². The molecule has 0 fully saturated rings. The van der Waals surface area contributed by atoms with Crippen LogP contribution < -0.4 is 16.4 Å². The van der Waals surface area contributed by atoms with Crippen molar-refractivity contribution in [2.24, 2.45) is 11.7 Å². The van der Waals surface area contributed by atoms with Crippen molar-refractivity contribution >= 4 is 29.4 Å². The highest BCUT2D eigenvalue weighted by Crippen LogP contribution is 2.14. The Morgan fingerprint density at radius 2 is 1.50 bits per heavy atom. The van der Waals surface area contributed by atoms with Crippen molar-refractivity contribution in [2.75, 3.05) is 13.6 Å². The number of non-ortho nitro benzene ring substituents is 1. The Balaban J connectivity index is 2.12. The quantitative estimate of drug-likeness (QED) is 0.165. The largest absolute Gasteiger partial charge is 0.508 e. The number of hydrogen-bond donors (Lipinski definition) is 5. The molecule has 0 aliphatic carbocycles. The lowest BCUT2D eigenvalue weighted by Crippen LogP contribution is -2.54. The lowest BCUT2D eigenvalue weighted by atomic mass is 10.0. The van der Waals surface area contributed by atoms with Crippen molar-refractivity contribution in [1.29, 1.82) is 0 Å². The fraction of sp³-hybridized carbons (Fsp3) is 0.407. The fourth-order valence-corrected chi connectivity index (χ4v) is 3.95. The highest BCUT2D eigenvalue weighted by Gasteiger charge is 2.28. The Hall–Kier alpha value is -4.52. The maximum Gasteiger partial charge on any atom is 0.326 e. The predicted molar refractivity (Wildman–Crippen MR) is 145 cm³/mol. The number of carbonyl (C=O) groups is 4. The molecule has 6 N–H and O–H groups in total. The fourth-order valence-electron chi connectivity index (χ4n) is 3.95. The Labute approximate surface area is 231 Å². The number of benzene rings is 2. The van der Waals surface area contributed by atoms with Gasteiger partial charge < -0.3 is 31.5 Å². The molecule has 0 saturated heterocycles. The summed E-state index contributed by atoms with van der Waals surface area (Å²) in [5.74, 6) is -3.15. The molecule has 0 aromatic heterocycles. The number of amides is 3. The Morgan fingerprint density at radius 1 is 0.950 bits per heavy atom. The molecule has 0 unspecified atom stereocenters. The van der Waals surface area contributed by atoms with Crippen LogP contribution in [0.1, 0.15) is 31.4 Å². The van der Waals surface area contributed by atoms with Crippen molar-refractivity contribution in [3.63, 3.8) is 0 Å². The monoisotopic (exact) mass is 557 g/mol. The first-order valence-corrected chi connectivity index (χ1v) is 12.6. The Morgan fingerprint density at radius 3 is 2.02 bits per heavy atom. The third-order valence-electron chi connectivity index (χ3n) is 6.03. The molecule has 0 radical (unpaired) electrons. The van der Waals surface area contributed by atoms with E-state index < -0.39 is 53.3 Å². The van der Waals surface area contributed by atoms with Crippen LogP contribution in [0.5, 0.6) is 5.75 Å². The summed E-state index contributed by atoms with van der Waals surface area (Å²) < 4.78 is 0. The number of hydrogen-bond acceptors (Lipinski definition) is 8. The van der Waals surface area contributed by atoms with Gasteiger partial charge in [-0.25, -0.2) is 4.79 Å². The number of nitro benzene ring substituents is 1. The summed E-state index contributed by atoms with van der Waals surface area (Å²) in [6.45, 7) is 3.18. The Bertz CT molecular complexity index is 1200. The van der Waals surface area contributed by atoms with E-state index in [2.05, 4.69) is 10.6 Å². The van der Waals surface area contributed by atoms with E-state index in [0.717, 1.165) is 4.90 Å². The molecule has 13 nitrogen and oxygen atoms in total. The minimum absolute atomic E-state index is 0.0328. The van der Waals surface area contributed by atoms with Crippen LogP contribution in [0.15, 0.2) is 48.5 Å². The number of nitrogens with one attached hydrogen (secondary N) is 2. The molecule has 0 bridgehead atoms. The molecule has 3 atom stereocenters. The predicted octanol–water partition coefficient (Wildman–Crippen LogP) is 0.972. The average molecular weight is 558 g/mol. The van der Waals surface area contributed by atoms with E-state index in [0.29, 0.717) is 11.1 Å². The average Bonchev–Trinajstić information content (AvgIpc) is 2.88. The second-order valence-corrected chi connectivity index (χ2v) is 9.95. The van der Waals surface area contributed by atoms with Crippen molar-refractivity contribution < 1.29 is 34.3 Å². The van der Waals surface area contributed by atoms with E-state index in [4.69, 9.17) is 5.73 Å². The summed E-state index contributed by atoms with van der Waals surface area (Å²) in [5, 5.41) is 34.9. The highest BCUT2D eigenvalue weighted by molar-refractivity contribution is 5.92. The van der Waals surface area contributed by atoms with Gasteiger partial charge in [0.1, 0.15) is 17.8 Å². The third-order valence-corrected chi connectivity index (χ3v) is 6.03. The van der Waals surface area contributed by atoms with E-state index in [1.54, 1.807) is 26.0 Å². The second kappa shape index (κ2) is 14.6. The first-order chi connectivity index (χ1) is 18.8. The third kappa shape index (κ3) is 9.98. The summed E-state index contributed by atoms with van der Waals surface area (Å²) >= 11 is 0. The summed E-state index contributed by atoms with van der Waals surface area (Å²) in [7, 11) is 1.38. The number of carboxylic acid groups (broad SMARTS) is 1. The lowest BCUT2D eigenvalue weighted by molar-refractivity contribution is -0.384. The number of rotatable bonds is 14. The zero-order chi connectivity index (χ0) is 30.0. The summed E-state index contributed by atoms with van der Waals surface area (Å²) in [5.41, 5.74) is 7.07. The molecule has 216 valence electrons. The zero-order valence-corrected chi connectivity index (χ0v) is 22.6. The van der Waals surface area contributed by atoms with Crippen LogP contribution in [0.3, 0.4) is 0 Å². The van der Waals surface area contributed by atoms with E-state index in [1.807, 2.05) is 0 Å². The van der Waals surface area contributed by atoms with Crippen LogP contribution in [-0.4, -0.2) is 75.4 Å². The minimum atomic E-state index is -1.23. The highest BCUT2D eigenvalue weighted by atomic mass is 16.6. The molecule has 0 spiro atoms. The molecule has 40 heavy (non-hydrogen) atoms. The normalized spacial score (nSPS) is 13.1. The molecule has 2 aromatic rings. The first-order valence-electron chi connectivity index (χ1n) is 12.6. The number of carboxylic acids is 1. The molecule has 0 heterocycles. The first kappa shape index (κ1) is 31.7. The van der Waals surface area contributed by atoms with Gasteiger partial charge in [-0.15, -0.1) is 0 Å². The number of phenols is 1. The molecule has 0 saturated carbocycles. The number of likely N-dealkylation sites (N-methyl/N-ethyl adjacent to an activating group) is 1. The van der Waals surface area contributed by atoms with Crippen LogP contribution in [0.2, 0.25) is 0 Å². The van der Waals surface area contributed by atoms with Gasteiger partial charge in [-0.2, -0.15) is 0 Å². The standard InChI is InChI=1S/C27H35N5O8/c1-16(2)12-23(27(37)38)30-25(35)22(14-18-4-8-19(9-5-18)32(39)40)29-24(34)15-31(3)26(36)21(28)13-17-6-10-20(33)11-7-17/h4-11,16,21-23,33H,12-15,28H2,1-3H3,(H,29,34)(H,30,35)(H,37,38)/t21-,22-,23-/m0/s1. The minimum Gasteiger partial charge on any atom is -0.508 e. The topological polar surface area (TPSA) is 205 Å². The van der Waals surface area contributed by atoms with Crippen LogP contribution in [0, 0.1) is 16.0 Å². The molecular weight excluding hydrogens is 522 g/mol. The van der Waals surface area contributed by atoms with Crippen LogP contribution >= 0.6 is 0 Å². The Kier molecular flexibility index (Phi) is 11.6. The molecule has 13 heteroatoms. The number of nitrogens with zero attached hydrogens (tertiary/aromatic N) is 2. The number of phenolic OH excluding ortho intramolecular Hbond substituents is 1. The molecule has 2 aromatic carbocycles. The van der Waals surface area contributed by atoms with E-state index in [-0.39, 0.29) is 36.6 Å². The van der Waals surface area contributed by atoms with Crippen molar-refractivity contribution in [2.45, 2.75) is 51.2 Å². The van der Waals surface area contributed by atoms with Gasteiger partial charge in [-0.05, 0) is 42.0 Å². The van der Waals surface area contributed by atoms with Gasteiger partial charge >= 0.3 is 5.97 Å². The van der Waals surface area contributed by atoms with E-state index in [9.17, 15) is 39.5 Å². The molecule has 3 amide bonds. The SMILES string of the molecule is CC(C)C[C@H](NC(=O)[C@H](Cc1ccc([N+](=O)[O-])cc1)NC(=O)CN(C)C(=O)[C@@H](N)Cc1ccc(O)cc1)C(=O)O. The van der Waals surface area contributed by atoms with Gasteiger partial charge in [0.05, 0.1) is 17.5 Å². The van der Waals surface area contributed by atoms with Crippen molar-refractivity contribution in [3.05, 3.63) is 69.8 Å². The van der Waals surface area contributed by atoms with Gasteiger partial charge in [0.25, 0.3) is 5.69 Å². The summed E-state index contributed by atoms with van der Waals surface area (Å²) in [6.07, 6.45) is 0.250. The van der Waals surface area contributed by atoms with Gasteiger partial charge in [-0.3, -0.25) is 24.5 Å². The number of aromatic hydroxyl groups is 1. The lowest BCUT2D eigenvalue weighted by Gasteiger charge is -2.25. The number of carbonyl (C=O) groups excluding carboxylic acids is 3. The van der Waals surface area contributed by atoms with Gasteiger partial charge in [0.2, 0.25) is 17.7 Å². The van der Waals surface area contributed by atoms with Crippen molar-refractivity contribution in [1.82, 2.24) is 15.5 Å². The zero-order valence-electron chi connectivity index (χ0n) is 22.6. The molecular formula is C27H35N5O8. The van der Waals surface area contributed by atoms with E-state index >= 15 is 0 Å². The van der Waals surface area contributed by atoms with Crippen LogP contribution in [0.4, 0.5) is 5.69 Å². The number of nitro groups is 1. The second-order valence-electron chi connectivity index (χ2n) is 9.95. The van der Waals surface area contributed by atoms with Gasteiger partial charge in [0, 0.05) is 25.6 Å². The molecule has 0 aliphatic rings. The molecule has 2 rings (SSSR count). The smallest absolute Gasteiger partial charge is 0.326 e. The number of aliphatic carboxylic acids is 1. The van der Waals surface area contributed by atoms with Crippen molar-refractivity contribution in [3.8, 4) is 5.75 Å². The number of nitrogens with two attached hydrogens (primary N) is 1. The summed E-state index contributed by atoms with van der Waals surface area (Å²) in [6, 6.07) is 8.19. The maximum atomic E-state index is 13.1. The van der Waals surface area contributed by atoms with Crippen LogP contribution in [-0.2, 0) is 32.0 Å². The van der Waals surface area contributed by atoms with Gasteiger partial charge in [-0.1, -0.05) is 38.1 Å².